The molecule has 1 saturated heterocycles. The van der Waals surface area contributed by atoms with Gasteiger partial charge in [-0.1, -0.05) is 0 Å². The molecule has 1 aliphatic heterocycles. The lowest BCUT2D eigenvalue weighted by Gasteiger charge is -2.11. The maximum absolute atomic E-state index is 3.51. The van der Waals surface area contributed by atoms with Crippen molar-refractivity contribution in [2.45, 2.75) is 18.9 Å². The van der Waals surface area contributed by atoms with Gasteiger partial charge in [-0.2, -0.15) is 11.8 Å². The summed E-state index contributed by atoms with van der Waals surface area (Å²) < 4.78 is 0. The van der Waals surface area contributed by atoms with E-state index in [4.69, 9.17) is 0 Å². The molecule has 0 spiro atoms. The fourth-order valence-corrected chi connectivity index (χ4v) is 2.60. The van der Waals surface area contributed by atoms with Gasteiger partial charge in [-0.15, -0.1) is 0 Å². The number of nitrogens with zero attached hydrogens (tertiary/aromatic N) is 1. The van der Waals surface area contributed by atoms with Gasteiger partial charge in [-0.3, -0.25) is 0 Å². The average molecular weight is 188 g/mol. The molecule has 0 radical (unpaired) electrons. The molecule has 0 aromatic rings. The normalized spacial score (nSPS) is 23.8. The van der Waals surface area contributed by atoms with Crippen LogP contribution in [0.3, 0.4) is 0 Å². The summed E-state index contributed by atoms with van der Waals surface area (Å²) in [5.41, 5.74) is 0. The van der Waals surface area contributed by atoms with Crippen LogP contribution in [0.4, 0.5) is 0 Å². The Labute approximate surface area is 80.1 Å². The molecule has 72 valence electrons. The second kappa shape index (κ2) is 5.84. The first-order chi connectivity index (χ1) is 5.79. The quantitative estimate of drug-likeness (QED) is 0.649. The Morgan fingerprint density at radius 3 is 2.92 bits per heavy atom. The highest BCUT2D eigenvalue weighted by Gasteiger charge is 2.12. The lowest BCUT2D eigenvalue weighted by molar-refractivity contribution is 0.437. The van der Waals surface area contributed by atoms with Crippen LogP contribution in [-0.4, -0.2) is 49.6 Å². The fourth-order valence-electron chi connectivity index (χ4n) is 1.37. The minimum atomic E-state index is 0.803. The molecule has 3 heteroatoms. The minimum absolute atomic E-state index is 0.803. The minimum Gasteiger partial charge on any atom is -0.313 e. The monoisotopic (exact) mass is 188 g/mol. The van der Waals surface area contributed by atoms with E-state index in [2.05, 4.69) is 36.1 Å². The summed E-state index contributed by atoms with van der Waals surface area (Å²) in [5.74, 6) is 2.57. The van der Waals surface area contributed by atoms with E-state index in [1.54, 1.807) is 0 Å². The number of nitrogens with one attached hydrogen (secondary N) is 1. The molecule has 1 N–H and O–H groups in total. The Hall–Kier alpha value is 0.270. The van der Waals surface area contributed by atoms with Crippen LogP contribution in [0.1, 0.15) is 12.8 Å². The van der Waals surface area contributed by atoms with Crippen molar-refractivity contribution in [3.8, 4) is 0 Å². The van der Waals surface area contributed by atoms with E-state index >= 15 is 0 Å². The summed E-state index contributed by atoms with van der Waals surface area (Å²) in [6, 6.07) is 0.803. The highest BCUT2D eigenvalue weighted by Crippen LogP contribution is 2.11. The number of hydrogen-bond donors (Lipinski definition) is 1. The highest BCUT2D eigenvalue weighted by molar-refractivity contribution is 7.99. The highest BCUT2D eigenvalue weighted by atomic mass is 32.2. The van der Waals surface area contributed by atoms with Crippen molar-refractivity contribution in [1.29, 1.82) is 0 Å². The van der Waals surface area contributed by atoms with Crippen molar-refractivity contribution >= 4 is 11.8 Å². The predicted molar refractivity (Wildman–Crippen MR) is 56.9 cm³/mol. The topological polar surface area (TPSA) is 15.3 Å². The third kappa shape index (κ3) is 4.33. The Bertz CT molecular complexity index is 111. The number of rotatable bonds is 5. The summed E-state index contributed by atoms with van der Waals surface area (Å²) in [4.78, 5) is 2.25. The summed E-state index contributed by atoms with van der Waals surface area (Å²) in [7, 11) is 4.27. The Morgan fingerprint density at radius 2 is 2.33 bits per heavy atom. The van der Waals surface area contributed by atoms with Gasteiger partial charge in [-0.25, -0.2) is 0 Å². The van der Waals surface area contributed by atoms with Gasteiger partial charge in [0.25, 0.3) is 0 Å². The fraction of sp³-hybridized carbons (Fsp3) is 1.00. The van der Waals surface area contributed by atoms with E-state index in [-0.39, 0.29) is 0 Å². The van der Waals surface area contributed by atoms with E-state index in [0.29, 0.717) is 0 Å². The Kier molecular flexibility index (Phi) is 5.04. The second-order valence-corrected chi connectivity index (χ2v) is 4.82. The summed E-state index contributed by atoms with van der Waals surface area (Å²) in [6.07, 6.45) is 2.76. The van der Waals surface area contributed by atoms with Gasteiger partial charge in [-0.05, 0) is 33.5 Å². The maximum Gasteiger partial charge on any atom is 0.0158 e. The molecule has 0 aromatic heterocycles. The summed E-state index contributed by atoms with van der Waals surface area (Å²) in [6.45, 7) is 2.44. The van der Waals surface area contributed by atoms with Gasteiger partial charge < -0.3 is 10.2 Å². The van der Waals surface area contributed by atoms with Crippen LogP contribution in [0.2, 0.25) is 0 Å². The smallest absolute Gasteiger partial charge is 0.0158 e. The molecule has 2 nitrogen and oxygen atoms in total. The Morgan fingerprint density at radius 1 is 1.50 bits per heavy atom. The zero-order valence-corrected chi connectivity index (χ0v) is 8.99. The van der Waals surface area contributed by atoms with Crippen LogP contribution < -0.4 is 5.32 Å². The van der Waals surface area contributed by atoms with Gasteiger partial charge in [0, 0.05) is 24.1 Å². The van der Waals surface area contributed by atoms with E-state index in [1.165, 1.54) is 37.4 Å². The molecule has 0 amide bonds. The number of thioether (sulfide) groups is 1. The molecule has 12 heavy (non-hydrogen) atoms. The van der Waals surface area contributed by atoms with Crippen LogP contribution >= 0.6 is 11.8 Å². The predicted octanol–water partition coefficient (Wildman–Crippen LogP) is 1.03. The molecule has 0 bridgehead atoms. The van der Waals surface area contributed by atoms with E-state index in [1.807, 2.05) is 0 Å². The summed E-state index contributed by atoms with van der Waals surface area (Å²) >= 11 is 2.07. The third-order valence-corrected chi connectivity index (χ3v) is 3.27. The first kappa shape index (κ1) is 10.4. The first-order valence-electron chi connectivity index (χ1n) is 4.75. The largest absolute Gasteiger partial charge is 0.313 e. The molecule has 1 heterocycles. The zero-order valence-electron chi connectivity index (χ0n) is 8.18. The van der Waals surface area contributed by atoms with Crippen LogP contribution in [0.25, 0.3) is 0 Å². The molecule has 1 aliphatic rings. The van der Waals surface area contributed by atoms with E-state index < -0.39 is 0 Å². The van der Waals surface area contributed by atoms with Crippen LogP contribution in [0, 0.1) is 0 Å². The van der Waals surface area contributed by atoms with Gasteiger partial charge in [0.2, 0.25) is 0 Å². The van der Waals surface area contributed by atoms with Crippen molar-refractivity contribution in [3.63, 3.8) is 0 Å². The van der Waals surface area contributed by atoms with Gasteiger partial charge in [0.15, 0.2) is 0 Å². The molecule has 0 aliphatic carbocycles. The van der Waals surface area contributed by atoms with Crippen molar-refractivity contribution in [2.24, 2.45) is 0 Å². The molecular formula is C9H20N2S. The molecular weight excluding hydrogens is 168 g/mol. The van der Waals surface area contributed by atoms with Gasteiger partial charge >= 0.3 is 0 Å². The molecule has 1 fully saturated rings. The van der Waals surface area contributed by atoms with Crippen molar-refractivity contribution < 1.29 is 0 Å². The first-order valence-corrected chi connectivity index (χ1v) is 5.90. The van der Waals surface area contributed by atoms with Crippen molar-refractivity contribution in [3.05, 3.63) is 0 Å². The SMILES string of the molecule is CN(C)CCSC[C@@H]1CCCN1. The zero-order chi connectivity index (χ0) is 8.81. The molecule has 0 aromatic carbocycles. The average Bonchev–Trinajstić information content (AvgIpc) is 2.49. The maximum atomic E-state index is 3.51. The van der Waals surface area contributed by atoms with Crippen LogP contribution in [0.5, 0.6) is 0 Å². The lowest BCUT2D eigenvalue weighted by atomic mass is 10.3. The van der Waals surface area contributed by atoms with E-state index in [0.717, 1.165) is 6.04 Å². The van der Waals surface area contributed by atoms with Crippen molar-refractivity contribution in [1.82, 2.24) is 10.2 Å². The molecule has 1 rings (SSSR count). The number of hydrogen-bond acceptors (Lipinski definition) is 3. The molecule has 1 atom stereocenters. The third-order valence-electron chi connectivity index (χ3n) is 2.16. The van der Waals surface area contributed by atoms with Gasteiger partial charge in [0.05, 0.1) is 0 Å². The van der Waals surface area contributed by atoms with E-state index in [9.17, 15) is 0 Å². The molecule has 0 unspecified atom stereocenters. The second-order valence-electron chi connectivity index (χ2n) is 3.67. The van der Waals surface area contributed by atoms with Gasteiger partial charge in [0.1, 0.15) is 0 Å². The Balaban J connectivity index is 1.88. The lowest BCUT2D eigenvalue weighted by Crippen LogP contribution is -2.24. The standard InChI is InChI=1S/C9H20N2S/c1-11(2)6-7-12-8-9-4-3-5-10-9/h9-10H,3-8H2,1-2H3/t9-/m0/s1. The van der Waals surface area contributed by atoms with Crippen molar-refractivity contribution in [2.75, 3.05) is 38.7 Å². The molecule has 0 saturated carbocycles. The van der Waals surface area contributed by atoms with Crippen LogP contribution in [0.15, 0.2) is 0 Å². The summed E-state index contributed by atoms with van der Waals surface area (Å²) in [5, 5.41) is 3.51. The van der Waals surface area contributed by atoms with Crippen LogP contribution in [-0.2, 0) is 0 Å².